The van der Waals surface area contributed by atoms with Gasteiger partial charge in [0.2, 0.25) is 0 Å². The van der Waals surface area contributed by atoms with Crippen molar-refractivity contribution in [1.29, 1.82) is 0 Å². The van der Waals surface area contributed by atoms with Crippen molar-refractivity contribution in [3.8, 4) is 0 Å². The summed E-state index contributed by atoms with van der Waals surface area (Å²) >= 11 is 0. The Bertz CT molecular complexity index is 606. The van der Waals surface area contributed by atoms with Gasteiger partial charge in [-0.3, -0.25) is 0 Å². The molecule has 0 amide bonds. The van der Waals surface area contributed by atoms with Crippen LogP contribution in [0, 0.1) is 12.7 Å². The topological polar surface area (TPSA) is 26.0 Å². The third-order valence-corrected chi connectivity index (χ3v) is 4.20. The van der Waals surface area contributed by atoms with E-state index in [0.29, 0.717) is 5.92 Å². The standard InChI is InChI=1S/C17H18FN/c1-11-10-13(18)7-9-14(11)17(19)16-8-6-12-4-2-3-5-15(12)16/h2-5,7,9-10,16-17H,6,8,19H2,1H3. The SMILES string of the molecule is Cc1cc(F)ccc1C(N)C1CCc2ccccc21. The fraction of sp³-hybridized carbons (Fsp3) is 0.294. The lowest BCUT2D eigenvalue weighted by atomic mass is 9.87. The molecule has 2 N–H and O–H groups in total. The van der Waals surface area contributed by atoms with Crippen LogP contribution in [0.3, 0.4) is 0 Å². The number of aryl methyl sites for hydroxylation is 2. The second kappa shape index (κ2) is 4.78. The molecular weight excluding hydrogens is 237 g/mol. The summed E-state index contributed by atoms with van der Waals surface area (Å²) in [5.74, 6) is 0.153. The van der Waals surface area contributed by atoms with E-state index in [1.165, 1.54) is 17.2 Å². The molecule has 2 heteroatoms. The van der Waals surface area contributed by atoms with Gasteiger partial charge in [-0.1, -0.05) is 30.3 Å². The van der Waals surface area contributed by atoms with Crippen LogP contribution in [0.25, 0.3) is 0 Å². The van der Waals surface area contributed by atoms with Crippen LogP contribution >= 0.6 is 0 Å². The molecule has 2 unspecified atom stereocenters. The van der Waals surface area contributed by atoms with Crippen LogP contribution in [0.1, 0.15) is 40.6 Å². The minimum absolute atomic E-state index is 0.0516. The molecule has 3 rings (SSSR count). The highest BCUT2D eigenvalue weighted by Crippen LogP contribution is 2.40. The minimum Gasteiger partial charge on any atom is -0.323 e. The Kier molecular flexibility index (Phi) is 3.11. The van der Waals surface area contributed by atoms with E-state index in [4.69, 9.17) is 5.73 Å². The van der Waals surface area contributed by atoms with E-state index < -0.39 is 0 Å². The van der Waals surface area contributed by atoms with Gasteiger partial charge in [-0.15, -0.1) is 0 Å². The quantitative estimate of drug-likeness (QED) is 0.866. The van der Waals surface area contributed by atoms with Crippen molar-refractivity contribution in [3.05, 3.63) is 70.5 Å². The number of halogens is 1. The normalized spacial score (nSPS) is 19.2. The Labute approximate surface area is 113 Å². The van der Waals surface area contributed by atoms with Crippen LogP contribution in [0.4, 0.5) is 4.39 Å². The van der Waals surface area contributed by atoms with Crippen LogP contribution in [-0.4, -0.2) is 0 Å². The maximum atomic E-state index is 13.2. The van der Waals surface area contributed by atoms with E-state index in [-0.39, 0.29) is 11.9 Å². The molecule has 0 heterocycles. The molecule has 0 radical (unpaired) electrons. The van der Waals surface area contributed by atoms with Gasteiger partial charge in [0.25, 0.3) is 0 Å². The van der Waals surface area contributed by atoms with Crippen molar-refractivity contribution < 1.29 is 4.39 Å². The molecule has 98 valence electrons. The van der Waals surface area contributed by atoms with Crippen molar-refractivity contribution >= 4 is 0 Å². The zero-order valence-electron chi connectivity index (χ0n) is 11.1. The minimum atomic E-state index is -0.194. The van der Waals surface area contributed by atoms with E-state index >= 15 is 0 Å². The number of fused-ring (bicyclic) bond motifs is 1. The number of rotatable bonds is 2. The molecule has 2 aromatic rings. The van der Waals surface area contributed by atoms with Crippen LogP contribution in [0.15, 0.2) is 42.5 Å². The Morgan fingerprint density at radius 2 is 2.00 bits per heavy atom. The summed E-state index contributed by atoms with van der Waals surface area (Å²) < 4.78 is 13.2. The van der Waals surface area contributed by atoms with Crippen molar-refractivity contribution in [2.24, 2.45) is 5.73 Å². The molecule has 0 spiro atoms. The molecule has 2 aromatic carbocycles. The van der Waals surface area contributed by atoms with Crippen LogP contribution in [0.2, 0.25) is 0 Å². The van der Waals surface area contributed by atoms with Gasteiger partial charge < -0.3 is 5.73 Å². The van der Waals surface area contributed by atoms with Gasteiger partial charge in [-0.25, -0.2) is 4.39 Å². The lowest BCUT2D eigenvalue weighted by Crippen LogP contribution is -2.19. The fourth-order valence-electron chi connectivity index (χ4n) is 3.19. The summed E-state index contributed by atoms with van der Waals surface area (Å²) in [6.07, 6.45) is 2.17. The average molecular weight is 255 g/mol. The molecule has 0 fully saturated rings. The Balaban J connectivity index is 1.95. The maximum Gasteiger partial charge on any atom is 0.123 e. The van der Waals surface area contributed by atoms with Gasteiger partial charge in [-0.05, 0) is 54.2 Å². The van der Waals surface area contributed by atoms with Crippen molar-refractivity contribution in [2.45, 2.75) is 31.7 Å². The highest BCUT2D eigenvalue weighted by molar-refractivity contribution is 5.39. The average Bonchev–Trinajstić information content (AvgIpc) is 2.82. The molecule has 1 nitrogen and oxygen atoms in total. The lowest BCUT2D eigenvalue weighted by Gasteiger charge is -2.22. The number of nitrogens with two attached hydrogens (primary N) is 1. The third-order valence-electron chi connectivity index (χ3n) is 4.20. The van der Waals surface area contributed by atoms with Crippen LogP contribution < -0.4 is 5.73 Å². The lowest BCUT2D eigenvalue weighted by molar-refractivity contribution is 0.546. The van der Waals surface area contributed by atoms with Crippen molar-refractivity contribution in [1.82, 2.24) is 0 Å². The summed E-state index contributed by atoms with van der Waals surface area (Å²) in [6.45, 7) is 1.93. The van der Waals surface area contributed by atoms with Gasteiger partial charge in [-0.2, -0.15) is 0 Å². The predicted octanol–water partition coefficient (Wildman–Crippen LogP) is 3.86. The first-order valence-electron chi connectivity index (χ1n) is 6.76. The summed E-state index contributed by atoms with van der Waals surface area (Å²) in [5.41, 5.74) is 11.2. The van der Waals surface area contributed by atoms with E-state index in [1.54, 1.807) is 6.07 Å². The highest BCUT2D eigenvalue weighted by Gasteiger charge is 2.28. The van der Waals surface area contributed by atoms with Gasteiger partial charge in [0.15, 0.2) is 0 Å². The second-order valence-electron chi connectivity index (χ2n) is 5.37. The Morgan fingerprint density at radius 1 is 1.21 bits per heavy atom. The molecule has 0 aliphatic heterocycles. The van der Waals surface area contributed by atoms with E-state index in [0.717, 1.165) is 24.0 Å². The summed E-state index contributed by atoms with van der Waals surface area (Å²) in [5, 5.41) is 0. The molecule has 1 aliphatic rings. The molecule has 0 saturated carbocycles. The van der Waals surface area contributed by atoms with Gasteiger partial charge in [0, 0.05) is 12.0 Å². The largest absolute Gasteiger partial charge is 0.323 e. The molecule has 1 aliphatic carbocycles. The van der Waals surface area contributed by atoms with E-state index in [2.05, 4.69) is 24.3 Å². The van der Waals surface area contributed by atoms with Gasteiger partial charge in [0.1, 0.15) is 5.82 Å². The molecule has 2 atom stereocenters. The highest BCUT2D eigenvalue weighted by atomic mass is 19.1. The molecule has 0 saturated heterocycles. The zero-order valence-corrected chi connectivity index (χ0v) is 11.1. The monoisotopic (exact) mass is 255 g/mol. The van der Waals surface area contributed by atoms with Crippen molar-refractivity contribution in [2.75, 3.05) is 0 Å². The third kappa shape index (κ3) is 2.17. The van der Waals surface area contributed by atoms with E-state index in [9.17, 15) is 4.39 Å². The second-order valence-corrected chi connectivity index (χ2v) is 5.37. The van der Waals surface area contributed by atoms with Crippen molar-refractivity contribution in [3.63, 3.8) is 0 Å². The number of benzene rings is 2. The van der Waals surface area contributed by atoms with E-state index in [1.807, 2.05) is 13.0 Å². The Hall–Kier alpha value is -1.67. The summed E-state index contributed by atoms with van der Waals surface area (Å²) in [4.78, 5) is 0. The van der Waals surface area contributed by atoms with Crippen LogP contribution in [0.5, 0.6) is 0 Å². The molecule has 0 aromatic heterocycles. The molecule has 19 heavy (non-hydrogen) atoms. The first-order valence-corrected chi connectivity index (χ1v) is 6.76. The van der Waals surface area contributed by atoms with Gasteiger partial charge in [0.05, 0.1) is 0 Å². The van der Waals surface area contributed by atoms with Crippen LogP contribution in [-0.2, 0) is 6.42 Å². The Morgan fingerprint density at radius 3 is 2.79 bits per heavy atom. The smallest absolute Gasteiger partial charge is 0.123 e. The number of hydrogen-bond donors (Lipinski definition) is 1. The fourth-order valence-corrected chi connectivity index (χ4v) is 3.19. The molecular formula is C17H18FN. The first-order chi connectivity index (χ1) is 9.16. The summed E-state index contributed by atoms with van der Waals surface area (Å²) in [7, 11) is 0. The zero-order chi connectivity index (χ0) is 13.4. The summed E-state index contributed by atoms with van der Waals surface area (Å²) in [6, 6.07) is 13.3. The predicted molar refractivity (Wildman–Crippen MR) is 75.6 cm³/mol. The van der Waals surface area contributed by atoms with Gasteiger partial charge >= 0.3 is 0 Å². The molecule has 0 bridgehead atoms. The number of hydrogen-bond acceptors (Lipinski definition) is 1. The maximum absolute atomic E-state index is 13.2. The first kappa shape index (κ1) is 12.4.